The number of hydrogen-bond donors (Lipinski definition) is 2. The summed E-state index contributed by atoms with van der Waals surface area (Å²) in [7, 11) is 0. The Balaban J connectivity index is 2.31. The van der Waals surface area contributed by atoms with E-state index in [9.17, 15) is 0 Å². The van der Waals surface area contributed by atoms with Crippen LogP contribution in [0.25, 0.3) is 5.70 Å². The number of ether oxygens (including phenoxy) is 1. The molecule has 2 atom stereocenters. The van der Waals surface area contributed by atoms with Crippen LogP contribution in [0.1, 0.15) is 30.9 Å². The highest BCUT2D eigenvalue weighted by atomic mass is 35.5. The van der Waals surface area contributed by atoms with Gasteiger partial charge in [0.1, 0.15) is 0 Å². The second-order valence-electron chi connectivity index (χ2n) is 5.54. The molecule has 0 aromatic heterocycles. The molecule has 1 aromatic carbocycles. The van der Waals surface area contributed by atoms with Crippen molar-refractivity contribution in [1.82, 2.24) is 5.32 Å². The number of nitrogens with two attached hydrogens (primary N) is 1. The Morgan fingerprint density at radius 2 is 2.29 bits per heavy atom. The first-order valence-electron chi connectivity index (χ1n) is 7.28. The van der Waals surface area contributed by atoms with E-state index in [1.165, 1.54) is 0 Å². The molecule has 1 heterocycles. The quantitative estimate of drug-likeness (QED) is 0.835. The zero-order chi connectivity index (χ0) is 15.4. The Morgan fingerprint density at radius 1 is 1.52 bits per heavy atom. The van der Waals surface area contributed by atoms with E-state index in [2.05, 4.69) is 25.7 Å². The van der Waals surface area contributed by atoms with Crippen molar-refractivity contribution in [1.29, 1.82) is 0 Å². The number of benzene rings is 1. The fraction of sp³-hybridized carbons (Fsp3) is 0.412. The summed E-state index contributed by atoms with van der Waals surface area (Å²) in [5.74, 6) is 0. The number of nitrogens with one attached hydrogen (secondary N) is 1. The van der Waals surface area contributed by atoms with Crippen molar-refractivity contribution in [2.45, 2.75) is 38.8 Å². The minimum atomic E-state index is 0.267. The van der Waals surface area contributed by atoms with Gasteiger partial charge >= 0.3 is 0 Å². The van der Waals surface area contributed by atoms with E-state index < -0.39 is 0 Å². The lowest BCUT2D eigenvalue weighted by Crippen LogP contribution is -2.38. The van der Waals surface area contributed by atoms with Crippen LogP contribution in [0.15, 0.2) is 36.6 Å². The molecule has 3 N–H and O–H groups in total. The molecule has 1 aliphatic heterocycles. The van der Waals surface area contributed by atoms with Crippen molar-refractivity contribution in [3.63, 3.8) is 0 Å². The molecule has 1 aromatic rings. The van der Waals surface area contributed by atoms with Gasteiger partial charge in [-0.05, 0) is 50.5 Å². The largest absolute Gasteiger partial charge is 0.397 e. The van der Waals surface area contributed by atoms with Gasteiger partial charge in [0, 0.05) is 23.2 Å². The van der Waals surface area contributed by atoms with E-state index in [4.69, 9.17) is 22.1 Å². The molecular formula is C17H23ClN2O. The van der Waals surface area contributed by atoms with Crippen molar-refractivity contribution in [3.8, 4) is 0 Å². The summed E-state index contributed by atoms with van der Waals surface area (Å²) in [4.78, 5) is 0. The van der Waals surface area contributed by atoms with Crippen LogP contribution in [0.3, 0.4) is 0 Å². The van der Waals surface area contributed by atoms with E-state index in [0.29, 0.717) is 16.8 Å². The number of rotatable bonds is 4. The first-order valence-corrected chi connectivity index (χ1v) is 7.66. The smallest absolute Gasteiger partial charge is 0.0652 e. The predicted molar refractivity (Wildman–Crippen MR) is 89.1 cm³/mol. The van der Waals surface area contributed by atoms with Crippen LogP contribution in [0.2, 0.25) is 5.02 Å². The molecule has 3 nitrogen and oxygen atoms in total. The van der Waals surface area contributed by atoms with Crippen LogP contribution in [-0.4, -0.2) is 18.8 Å². The molecule has 0 radical (unpaired) electrons. The third-order valence-electron chi connectivity index (χ3n) is 3.81. The Morgan fingerprint density at radius 3 is 2.95 bits per heavy atom. The molecule has 0 bridgehead atoms. The Hall–Kier alpha value is -1.45. The maximum atomic E-state index is 6.14. The number of hydrogen-bond acceptors (Lipinski definition) is 3. The van der Waals surface area contributed by atoms with E-state index in [0.717, 1.165) is 36.3 Å². The van der Waals surface area contributed by atoms with Crippen LogP contribution in [-0.2, 0) is 4.74 Å². The summed E-state index contributed by atoms with van der Waals surface area (Å²) in [6.45, 7) is 8.71. The lowest BCUT2D eigenvalue weighted by Gasteiger charge is -2.30. The van der Waals surface area contributed by atoms with Gasteiger partial charge in [-0.3, -0.25) is 0 Å². The highest BCUT2D eigenvalue weighted by Gasteiger charge is 2.21. The number of aryl methyl sites for hydroxylation is 1. The maximum absolute atomic E-state index is 6.14. The minimum Gasteiger partial charge on any atom is -0.397 e. The molecule has 0 unspecified atom stereocenters. The average molecular weight is 307 g/mol. The highest BCUT2D eigenvalue weighted by molar-refractivity contribution is 6.30. The first kappa shape index (κ1) is 15.9. The third-order valence-corrected chi connectivity index (χ3v) is 4.05. The van der Waals surface area contributed by atoms with Gasteiger partial charge in [-0.2, -0.15) is 0 Å². The van der Waals surface area contributed by atoms with Crippen LogP contribution >= 0.6 is 11.6 Å². The monoisotopic (exact) mass is 306 g/mol. The molecule has 0 amide bonds. The standard InChI is InChI=1S/C17H23ClN2O/c1-4-16(19)17(15-10-13(18)6-5-11(15)2)20-14-7-8-21-12(3)9-14/h4-6,10,12,14,20H,1,7-9,19H2,2-3H3/b17-16-/t12-,14-/m1/s1. The molecule has 4 heteroatoms. The van der Waals surface area contributed by atoms with Gasteiger partial charge in [-0.25, -0.2) is 0 Å². The molecule has 2 rings (SSSR count). The molecular weight excluding hydrogens is 284 g/mol. The molecule has 1 saturated heterocycles. The van der Waals surface area contributed by atoms with Gasteiger partial charge in [0.25, 0.3) is 0 Å². The summed E-state index contributed by atoms with van der Waals surface area (Å²) in [6.07, 6.45) is 3.87. The molecule has 0 spiro atoms. The van der Waals surface area contributed by atoms with Gasteiger partial charge < -0.3 is 15.8 Å². The zero-order valence-electron chi connectivity index (χ0n) is 12.7. The van der Waals surface area contributed by atoms with E-state index >= 15 is 0 Å². The lowest BCUT2D eigenvalue weighted by atomic mass is 10.00. The Kier molecular flexibility index (Phi) is 5.32. The topological polar surface area (TPSA) is 47.3 Å². The minimum absolute atomic E-state index is 0.267. The van der Waals surface area contributed by atoms with Crippen molar-refractivity contribution >= 4 is 17.3 Å². The van der Waals surface area contributed by atoms with Crippen molar-refractivity contribution in [2.24, 2.45) is 5.73 Å². The SMILES string of the molecule is C=C/C(N)=C(/N[C@@H]1CCO[C@H](C)C1)c1cc(Cl)ccc1C. The van der Waals surface area contributed by atoms with E-state index in [1.807, 2.05) is 18.2 Å². The first-order chi connectivity index (χ1) is 10.0. The highest BCUT2D eigenvalue weighted by Crippen LogP contribution is 2.25. The predicted octanol–water partition coefficient (Wildman–Crippen LogP) is 3.62. The Labute approximate surface area is 131 Å². The summed E-state index contributed by atoms with van der Waals surface area (Å²) in [6, 6.07) is 6.18. The van der Waals surface area contributed by atoms with Crippen LogP contribution < -0.4 is 11.1 Å². The summed E-state index contributed by atoms with van der Waals surface area (Å²) < 4.78 is 5.60. The van der Waals surface area contributed by atoms with Gasteiger partial charge in [-0.1, -0.05) is 24.2 Å². The summed E-state index contributed by atoms with van der Waals surface area (Å²) >= 11 is 6.14. The van der Waals surface area contributed by atoms with Crippen molar-refractivity contribution in [2.75, 3.05) is 6.61 Å². The Bertz CT molecular complexity index is 554. The molecule has 0 saturated carbocycles. The normalized spacial score (nSPS) is 23.4. The molecule has 21 heavy (non-hydrogen) atoms. The zero-order valence-corrected chi connectivity index (χ0v) is 13.4. The molecule has 1 aliphatic rings. The van der Waals surface area contributed by atoms with Gasteiger partial charge in [-0.15, -0.1) is 0 Å². The van der Waals surface area contributed by atoms with Gasteiger partial charge in [0.2, 0.25) is 0 Å². The van der Waals surface area contributed by atoms with Gasteiger partial charge in [0.05, 0.1) is 17.5 Å². The second kappa shape index (κ2) is 7.01. The number of halogens is 1. The fourth-order valence-corrected chi connectivity index (χ4v) is 2.79. The van der Waals surface area contributed by atoms with Crippen molar-refractivity contribution in [3.05, 3.63) is 52.7 Å². The van der Waals surface area contributed by atoms with Crippen molar-refractivity contribution < 1.29 is 4.74 Å². The second-order valence-corrected chi connectivity index (χ2v) is 5.98. The molecule has 1 fully saturated rings. The lowest BCUT2D eigenvalue weighted by molar-refractivity contribution is 0.0162. The van der Waals surface area contributed by atoms with Crippen LogP contribution in [0.5, 0.6) is 0 Å². The maximum Gasteiger partial charge on any atom is 0.0652 e. The molecule has 114 valence electrons. The van der Waals surface area contributed by atoms with Gasteiger partial charge in [0.15, 0.2) is 0 Å². The average Bonchev–Trinajstić information content (AvgIpc) is 2.47. The fourth-order valence-electron chi connectivity index (χ4n) is 2.62. The summed E-state index contributed by atoms with van der Waals surface area (Å²) in [5.41, 5.74) is 9.85. The summed E-state index contributed by atoms with van der Waals surface area (Å²) in [5, 5.41) is 4.27. The number of allylic oxidation sites excluding steroid dienone is 1. The third kappa shape index (κ3) is 4.02. The van der Waals surface area contributed by atoms with E-state index in [-0.39, 0.29) is 6.10 Å². The van der Waals surface area contributed by atoms with E-state index in [1.54, 1.807) is 6.08 Å². The van der Waals surface area contributed by atoms with Crippen LogP contribution in [0, 0.1) is 6.92 Å². The molecule has 0 aliphatic carbocycles. The van der Waals surface area contributed by atoms with Crippen LogP contribution in [0.4, 0.5) is 0 Å².